The molecule has 7 heteroatoms. The quantitative estimate of drug-likeness (QED) is 0.812. The fraction of sp³-hybridized carbons (Fsp3) is 0.417. The van der Waals surface area contributed by atoms with E-state index in [1.54, 1.807) is 4.90 Å². The van der Waals surface area contributed by atoms with Crippen LogP contribution in [0.3, 0.4) is 0 Å². The number of carbonyl (C=O) groups excluding carboxylic acids is 2. The summed E-state index contributed by atoms with van der Waals surface area (Å²) >= 11 is 5.86. The van der Waals surface area contributed by atoms with Gasteiger partial charge in [0.05, 0.1) is 17.1 Å². The van der Waals surface area contributed by atoms with E-state index in [0.29, 0.717) is 18.7 Å². The second kappa shape index (κ2) is 6.49. The molecular formula is C12H15ClN4O2. The first-order valence-electron chi connectivity index (χ1n) is 6.04. The van der Waals surface area contributed by atoms with Gasteiger partial charge in [-0.15, -0.1) is 0 Å². The highest BCUT2D eigenvalue weighted by atomic mass is 35.5. The van der Waals surface area contributed by atoms with Gasteiger partial charge in [-0.05, 0) is 6.07 Å². The molecule has 0 atom stereocenters. The number of rotatable bonds is 3. The highest BCUT2D eigenvalue weighted by molar-refractivity contribution is 6.33. The molecule has 2 N–H and O–H groups in total. The van der Waals surface area contributed by atoms with Crippen LogP contribution in [0, 0.1) is 0 Å². The number of piperazine rings is 1. The first kappa shape index (κ1) is 13.8. The number of hydrogen-bond donors (Lipinski definition) is 2. The second-order valence-corrected chi connectivity index (χ2v) is 4.58. The molecule has 0 saturated carbocycles. The van der Waals surface area contributed by atoms with Crippen LogP contribution in [0.5, 0.6) is 0 Å². The minimum Gasteiger partial charge on any atom is -0.343 e. The largest absolute Gasteiger partial charge is 0.343 e. The van der Waals surface area contributed by atoms with E-state index in [1.807, 2.05) is 0 Å². The van der Waals surface area contributed by atoms with Crippen molar-refractivity contribution in [1.82, 2.24) is 20.5 Å². The Hall–Kier alpha value is -1.66. The van der Waals surface area contributed by atoms with Crippen LogP contribution in [0.25, 0.3) is 0 Å². The van der Waals surface area contributed by atoms with E-state index in [2.05, 4.69) is 15.6 Å². The predicted octanol–water partition coefficient (Wildman–Crippen LogP) is -0.103. The van der Waals surface area contributed by atoms with Crippen LogP contribution in [0.1, 0.15) is 10.4 Å². The molecule has 6 nitrogen and oxygen atoms in total. The zero-order valence-corrected chi connectivity index (χ0v) is 11.1. The van der Waals surface area contributed by atoms with Gasteiger partial charge in [0.25, 0.3) is 5.91 Å². The van der Waals surface area contributed by atoms with Gasteiger partial charge in [-0.3, -0.25) is 14.6 Å². The Morgan fingerprint density at radius 3 is 2.84 bits per heavy atom. The zero-order chi connectivity index (χ0) is 13.7. The van der Waals surface area contributed by atoms with E-state index in [0.717, 1.165) is 13.1 Å². The Kier molecular flexibility index (Phi) is 4.70. The molecule has 1 aliphatic heterocycles. The normalized spacial score (nSPS) is 15.1. The second-order valence-electron chi connectivity index (χ2n) is 4.17. The fourth-order valence-corrected chi connectivity index (χ4v) is 2.04. The van der Waals surface area contributed by atoms with E-state index in [1.165, 1.54) is 18.5 Å². The van der Waals surface area contributed by atoms with E-state index >= 15 is 0 Å². The third kappa shape index (κ3) is 3.65. The summed E-state index contributed by atoms with van der Waals surface area (Å²) in [6.07, 6.45) is 2.88. The summed E-state index contributed by atoms with van der Waals surface area (Å²) in [4.78, 5) is 29.2. The lowest BCUT2D eigenvalue weighted by Gasteiger charge is -2.27. The van der Waals surface area contributed by atoms with Crippen LogP contribution in [0.2, 0.25) is 5.02 Å². The molecule has 1 fully saturated rings. The number of hydrogen-bond acceptors (Lipinski definition) is 4. The van der Waals surface area contributed by atoms with E-state index in [-0.39, 0.29) is 23.4 Å². The standard InChI is InChI=1S/C12H15ClN4O2/c13-10-7-15-2-1-9(10)12(19)16-8-11(18)17-5-3-14-4-6-17/h1-2,7,14H,3-6,8H2,(H,16,19). The Labute approximate surface area is 116 Å². The first-order chi connectivity index (χ1) is 9.18. The molecule has 1 saturated heterocycles. The van der Waals surface area contributed by atoms with Gasteiger partial charge in [-0.25, -0.2) is 0 Å². The Balaban J connectivity index is 1.86. The van der Waals surface area contributed by atoms with Crippen molar-refractivity contribution in [1.29, 1.82) is 0 Å². The number of aromatic nitrogens is 1. The maximum Gasteiger partial charge on any atom is 0.253 e. The smallest absolute Gasteiger partial charge is 0.253 e. The summed E-state index contributed by atoms with van der Waals surface area (Å²) in [7, 11) is 0. The van der Waals surface area contributed by atoms with Gasteiger partial charge in [0, 0.05) is 38.6 Å². The molecule has 0 radical (unpaired) electrons. The predicted molar refractivity (Wildman–Crippen MR) is 71.0 cm³/mol. The van der Waals surface area contributed by atoms with E-state index in [4.69, 9.17) is 11.6 Å². The number of halogens is 1. The molecule has 19 heavy (non-hydrogen) atoms. The summed E-state index contributed by atoms with van der Waals surface area (Å²) in [6, 6.07) is 1.52. The van der Waals surface area contributed by atoms with Crippen molar-refractivity contribution in [3.63, 3.8) is 0 Å². The molecule has 1 aliphatic rings. The van der Waals surface area contributed by atoms with Crippen molar-refractivity contribution in [3.05, 3.63) is 29.0 Å². The SMILES string of the molecule is O=C(NCC(=O)N1CCNCC1)c1ccncc1Cl. The fourth-order valence-electron chi connectivity index (χ4n) is 1.84. The van der Waals surface area contributed by atoms with Gasteiger partial charge >= 0.3 is 0 Å². The van der Waals surface area contributed by atoms with Crippen LogP contribution in [0.15, 0.2) is 18.5 Å². The molecule has 2 rings (SSSR count). The van der Waals surface area contributed by atoms with Gasteiger partial charge in [-0.2, -0.15) is 0 Å². The highest BCUT2D eigenvalue weighted by Gasteiger charge is 2.17. The van der Waals surface area contributed by atoms with Crippen LogP contribution in [0.4, 0.5) is 0 Å². The molecule has 0 spiro atoms. The molecule has 0 aromatic carbocycles. The van der Waals surface area contributed by atoms with Crippen molar-refractivity contribution < 1.29 is 9.59 Å². The third-order valence-electron chi connectivity index (χ3n) is 2.89. The van der Waals surface area contributed by atoms with Crippen molar-refractivity contribution in [2.24, 2.45) is 0 Å². The lowest BCUT2D eigenvalue weighted by Crippen LogP contribution is -2.49. The minimum atomic E-state index is -0.365. The average molecular weight is 283 g/mol. The van der Waals surface area contributed by atoms with E-state index < -0.39 is 0 Å². The summed E-state index contributed by atoms with van der Waals surface area (Å²) in [5.41, 5.74) is 0.324. The monoisotopic (exact) mass is 282 g/mol. The van der Waals surface area contributed by atoms with E-state index in [9.17, 15) is 9.59 Å². The number of nitrogens with one attached hydrogen (secondary N) is 2. The lowest BCUT2D eigenvalue weighted by atomic mass is 10.2. The van der Waals surface area contributed by atoms with Crippen molar-refractivity contribution >= 4 is 23.4 Å². The van der Waals surface area contributed by atoms with Gasteiger partial charge < -0.3 is 15.5 Å². The van der Waals surface area contributed by atoms with Gasteiger partial charge in [0.15, 0.2) is 0 Å². The van der Waals surface area contributed by atoms with Crippen molar-refractivity contribution in [2.45, 2.75) is 0 Å². The summed E-state index contributed by atoms with van der Waals surface area (Å²) in [6.45, 7) is 2.90. The molecule has 0 aliphatic carbocycles. The van der Waals surface area contributed by atoms with Gasteiger partial charge in [-0.1, -0.05) is 11.6 Å². The summed E-state index contributed by atoms with van der Waals surface area (Å²) in [5.74, 6) is -0.448. The third-order valence-corrected chi connectivity index (χ3v) is 3.19. The number of pyridine rings is 1. The van der Waals surface area contributed by atoms with Gasteiger partial charge in [0.1, 0.15) is 0 Å². The van der Waals surface area contributed by atoms with Crippen LogP contribution >= 0.6 is 11.6 Å². The van der Waals surface area contributed by atoms with Crippen LogP contribution < -0.4 is 10.6 Å². The average Bonchev–Trinajstić information content (AvgIpc) is 2.46. The minimum absolute atomic E-state index is 0.0164. The summed E-state index contributed by atoms with van der Waals surface area (Å²) in [5, 5.41) is 6.01. The Morgan fingerprint density at radius 1 is 1.42 bits per heavy atom. The summed E-state index contributed by atoms with van der Waals surface area (Å²) < 4.78 is 0. The molecule has 102 valence electrons. The number of amides is 2. The molecule has 2 amide bonds. The Bertz CT molecular complexity index is 475. The first-order valence-corrected chi connectivity index (χ1v) is 6.42. The number of nitrogens with zero attached hydrogens (tertiary/aromatic N) is 2. The van der Waals surface area contributed by atoms with Gasteiger partial charge in [0.2, 0.25) is 5.91 Å². The topological polar surface area (TPSA) is 74.3 Å². The van der Waals surface area contributed by atoms with Crippen LogP contribution in [-0.2, 0) is 4.79 Å². The molecule has 0 bridgehead atoms. The maximum absolute atomic E-state index is 11.9. The number of carbonyl (C=O) groups is 2. The molecule has 2 heterocycles. The van der Waals surface area contributed by atoms with Crippen molar-refractivity contribution in [3.8, 4) is 0 Å². The van der Waals surface area contributed by atoms with Crippen molar-refractivity contribution in [2.75, 3.05) is 32.7 Å². The zero-order valence-electron chi connectivity index (χ0n) is 10.4. The Morgan fingerprint density at radius 2 is 2.16 bits per heavy atom. The van der Waals surface area contributed by atoms with Crippen LogP contribution in [-0.4, -0.2) is 54.4 Å². The molecular weight excluding hydrogens is 268 g/mol. The highest BCUT2D eigenvalue weighted by Crippen LogP contribution is 2.12. The molecule has 1 aromatic rings. The lowest BCUT2D eigenvalue weighted by molar-refractivity contribution is -0.130. The maximum atomic E-state index is 11.9. The molecule has 1 aromatic heterocycles. The molecule has 0 unspecified atom stereocenters.